The predicted octanol–water partition coefficient (Wildman–Crippen LogP) is 1.26. The normalized spacial score (nSPS) is 11.4. The first-order chi connectivity index (χ1) is 8.58. The van der Waals surface area contributed by atoms with Crippen LogP contribution in [0.15, 0.2) is 47.5 Å². The second-order valence-electron chi connectivity index (χ2n) is 3.73. The number of hydrogen-bond donors (Lipinski definition) is 1. The van der Waals surface area contributed by atoms with E-state index in [1.807, 2.05) is 0 Å². The fourth-order valence-corrected chi connectivity index (χ4v) is 2.48. The third-order valence-electron chi connectivity index (χ3n) is 2.33. The Morgan fingerprint density at radius 1 is 1.17 bits per heavy atom. The third-order valence-corrected chi connectivity index (χ3v) is 3.75. The quantitative estimate of drug-likeness (QED) is 0.901. The Morgan fingerprint density at radius 2 is 1.89 bits per heavy atom. The molecule has 6 heteroatoms. The molecule has 0 aliphatic rings. The molecule has 0 fully saturated rings. The van der Waals surface area contributed by atoms with Crippen molar-refractivity contribution < 1.29 is 8.42 Å². The van der Waals surface area contributed by atoms with Crippen LogP contribution in [-0.4, -0.2) is 18.4 Å². The summed E-state index contributed by atoms with van der Waals surface area (Å²) in [6, 6.07) is 9.92. The van der Waals surface area contributed by atoms with Crippen LogP contribution in [0, 0.1) is 6.92 Å². The van der Waals surface area contributed by atoms with Gasteiger partial charge >= 0.3 is 0 Å². The maximum Gasteiger partial charge on any atom is 0.240 e. The number of rotatable bonds is 4. The van der Waals surface area contributed by atoms with Gasteiger partial charge in [-0.15, -0.1) is 0 Å². The molecule has 0 aliphatic carbocycles. The summed E-state index contributed by atoms with van der Waals surface area (Å²) < 4.78 is 26.4. The van der Waals surface area contributed by atoms with Crippen LogP contribution in [0.4, 0.5) is 0 Å². The molecule has 0 bridgehead atoms. The van der Waals surface area contributed by atoms with Gasteiger partial charge in [-0.1, -0.05) is 18.2 Å². The van der Waals surface area contributed by atoms with E-state index in [4.69, 9.17) is 0 Å². The summed E-state index contributed by atoms with van der Waals surface area (Å²) in [6.45, 7) is 1.91. The molecule has 0 atom stereocenters. The van der Waals surface area contributed by atoms with Crippen LogP contribution in [0.1, 0.15) is 11.5 Å². The molecule has 1 N–H and O–H groups in total. The van der Waals surface area contributed by atoms with Crippen LogP contribution >= 0.6 is 0 Å². The number of benzene rings is 1. The zero-order chi connectivity index (χ0) is 13.0. The van der Waals surface area contributed by atoms with Crippen molar-refractivity contribution in [3.8, 4) is 0 Å². The zero-order valence-electron chi connectivity index (χ0n) is 9.87. The van der Waals surface area contributed by atoms with Crippen LogP contribution in [0.25, 0.3) is 0 Å². The highest BCUT2D eigenvalue weighted by molar-refractivity contribution is 7.89. The maximum absolute atomic E-state index is 11.9. The average Bonchev–Trinajstić information content (AvgIpc) is 2.38. The molecule has 18 heavy (non-hydrogen) atoms. The van der Waals surface area contributed by atoms with Crippen molar-refractivity contribution in [3.63, 3.8) is 0 Å². The lowest BCUT2D eigenvalue weighted by Crippen LogP contribution is -2.23. The van der Waals surface area contributed by atoms with Gasteiger partial charge in [0.25, 0.3) is 0 Å². The molecule has 0 unspecified atom stereocenters. The molecule has 0 spiro atoms. The van der Waals surface area contributed by atoms with Crippen molar-refractivity contribution in [1.29, 1.82) is 0 Å². The van der Waals surface area contributed by atoms with E-state index in [-0.39, 0.29) is 11.4 Å². The largest absolute Gasteiger partial charge is 0.242 e. The molecule has 2 rings (SSSR count). The molecule has 0 saturated heterocycles. The number of sulfonamides is 1. The highest BCUT2D eigenvalue weighted by Crippen LogP contribution is 2.07. The van der Waals surface area contributed by atoms with E-state index in [0.29, 0.717) is 11.5 Å². The van der Waals surface area contributed by atoms with Crippen LogP contribution in [0.3, 0.4) is 0 Å². The summed E-state index contributed by atoms with van der Waals surface area (Å²) in [5, 5.41) is 0. The lowest BCUT2D eigenvalue weighted by atomic mass is 10.4. The van der Waals surface area contributed by atoms with Crippen LogP contribution in [0.2, 0.25) is 0 Å². The van der Waals surface area contributed by atoms with Crippen molar-refractivity contribution in [2.24, 2.45) is 0 Å². The lowest BCUT2D eigenvalue weighted by Gasteiger charge is -2.06. The Kier molecular flexibility index (Phi) is 3.69. The summed E-state index contributed by atoms with van der Waals surface area (Å²) in [4.78, 5) is 8.33. The summed E-state index contributed by atoms with van der Waals surface area (Å²) >= 11 is 0. The first-order valence-corrected chi connectivity index (χ1v) is 6.89. The SMILES string of the molecule is Cc1nccc(CNS(=O)(=O)c2ccccc2)n1. The summed E-state index contributed by atoms with van der Waals surface area (Å²) in [5.41, 5.74) is 0.641. The Bertz CT molecular complexity index is 627. The number of nitrogens with one attached hydrogen (secondary N) is 1. The fourth-order valence-electron chi connectivity index (χ4n) is 1.46. The standard InChI is InChI=1S/C12H13N3O2S/c1-10-13-8-7-11(15-10)9-14-18(16,17)12-5-3-2-4-6-12/h2-8,14H,9H2,1H3. The van der Waals surface area contributed by atoms with Gasteiger partial charge in [-0.3, -0.25) is 0 Å². The van der Waals surface area contributed by atoms with Gasteiger partial charge in [0.1, 0.15) is 5.82 Å². The minimum atomic E-state index is -3.48. The molecular formula is C12H13N3O2S. The van der Waals surface area contributed by atoms with Crippen molar-refractivity contribution in [2.75, 3.05) is 0 Å². The first kappa shape index (κ1) is 12.7. The Balaban J connectivity index is 2.11. The van der Waals surface area contributed by atoms with E-state index < -0.39 is 10.0 Å². The van der Waals surface area contributed by atoms with E-state index in [9.17, 15) is 8.42 Å². The number of aryl methyl sites for hydroxylation is 1. The second kappa shape index (κ2) is 5.24. The summed E-state index contributed by atoms with van der Waals surface area (Å²) in [5.74, 6) is 0.617. The van der Waals surface area contributed by atoms with Crippen molar-refractivity contribution in [1.82, 2.24) is 14.7 Å². The fraction of sp³-hybridized carbons (Fsp3) is 0.167. The number of hydrogen-bond acceptors (Lipinski definition) is 4. The van der Waals surface area contributed by atoms with Gasteiger partial charge in [0.05, 0.1) is 17.1 Å². The monoisotopic (exact) mass is 263 g/mol. The molecule has 0 amide bonds. The molecule has 1 aromatic heterocycles. The number of aromatic nitrogens is 2. The zero-order valence-corrected chi connectivity index (χ0v) is 10.7. The van der Waals surface area contributed by atoms with E-state index in [0.717, 1.165) is 0 Å². The average molecular weight is 263 g/mol. The van der Waals surface area contributed by atoms with E-state index in [1.54, 1.807) is 49.5 Å². The molecule has 94 valence electrons. The van der Waals surface area contributed by atoms with Crippen LogP contribution < -0.4 is 4.72 Å². The molecule has 1 aromatic carbocycles. The highest BCUT2D eigenvalue weighted by Gasteiger charge is 2.12. The Hall–Kier alpha value is -1.79. The maximum atomic E-state index is 11.9. The van der Waals surface area contributed by atoms with Crippen LogP contribution in [-0.2, 0) is 16.6 Å². The van der Waals surface area contributed by atoms with Crippen molar-refractivity contribution in [3.05, 3.63) is 54.1 Å². The number of nitrogens with zero attached hydrogens (tertiary/aromatic N) is 2. The minimum absolute atomic E-state index is 0.153. The molecule has 5 nitrogen and oxygen atoms in total. The Morgan fingerprint density at radius 3 is 2.56 bits per heavy atom. The van der Waals surface area contributed by atoms with E-state index in [2.05, 4.69) is 14.7 Å². The van der Waals surface area contributed by atoms with E-state index in [1.165, 1.54) is 0 Å². The molecule has 0 radical (unpaired) electrons. The molecule has 2 aromatic rings. The minimum Gasteiger partial charge on any atom is -0.242 e. The van der Waals surface area contributed by atoms with Gasteiger partial charge in [0.2, 0.25) is 10.0 Å². The highest BCUT2D eigenvalue weighted by atomic mass is 32.2. The molecule has 0 aliphatic heterocycles. The van der Waals surface area contributed by atoms with Gasteiger partial charge in [-0.05, 0) is 25.1 Å². The topological polar surface area (TPSA) is 72.0 Å². The third kappa shape index (κ3) is 3.12. The summed E-state index contributed by atoms with van der Waals surface area (Å²) in [7, 11) is -3.48. The summed E-state index contributed by atoms with van der Waals surface area (Å²) in [6.07, 6.45) is 1.61. The van der Waals surface area contributed by atoms with E-state index >= 15 is 0 Å². The first-order valence-electron chi connectivity index (χ1n) is 5.41. The van der Waals surface area contributed by atoms with Crippen molar-refractivity contribution in [2.45, 2.75) is 18.4 Å². The van der Waals surface area contributed by atoms with Gasteiger partial charge < -0.3 is 0 Å². The predicted molar refractivity (Wildman–Crippen MR) is 67.2 cm³/mol. The molecule has 1 heterocycles. The second-order valence-corrected chi connectivity index (χ2v) is 5.50. The van der Waals surface area contributed by atoms with Gasteiger partial charge in [0, 0.05) is 6.20 Å². The van der Waals surface area contributed by atoms with Gasteiger partial charge in [-0.25, -0.2) is 23.1 Å². The van der Waals surface area contributed by atoms with Gasteiger partial charge in [-0.2, -0.15) is 0 Å². The lowest BCUT2D eigenvalue weighted by molar-refractivity contribution is 0.580. The van der Waals surface area contributed by atoms with Crippen molar-refractivity contribution >= 4 is 10.0 Å². The molecular weight excluding hydrogens is 250 g/mol. The molecule has 0 saturated carbocycles. The van der Waals surface area contributed by atoms with Crippen LogP contribution in [0.5, 0.6) is 0 Å². The smallest absolute Gasteiger partial charge is 0.240 e. The van der Waals surface area contributed by atoms with Gasteiger partial charge in [0.15, 0.2) is 0 Å². The Labute approximate surface area is 106 Å².